The number of aromatic nitrogens is 2. The quantitative estimate of drug-likeness (QED) is 0.791. The summed E-state index contributed by atoms with van der Waals surface area (Å²) in [5, 5.41) is 8.39. The lowest BCUT2D eigenvalue weighted by Crippen LogP contribution is -2.56. The predicted molar refractivity (Wildman–Crippen MR) is 94.7 cm³/mol. The molecule has 1 aromatic carbocycles. The van der Waals surface area contributed by atoms with E-state index in [2.05, 4.69) is 51.6 Å². The van der Waals surface area contributed by atoms with E-state index in [1.54, 1.807) is 5.01 Å². The van der Waals surface area contributed by atoms with Gasteiger partial charge < -0.3 is 9.88 Å². The Morgan fingerprint density at radius 2 is 2.12 bits per heavy atom. The molecule has 2 aromatic rings. The van der Waals surface area contributed by atoms with E-state index in [1.165, 1.54) is 12.8 Å². The zero-order valence-corrected chi connectivity index (χ0v) is 14.4. The van der Waals surface area contributed by atoms with Crippen molar-refractivity contribution in [1.29, 1.82) is 0 Å². The van der Waals surface area contributed by atoms with Crippen LogP contribution in [0, 0.1) is 5.92 Å². The number of carbonyl (C=O) groups excluding carboxylic acids is 1. The fraction of sp³-hybridized carbons (Fsp3) is 0.444. The van der Waals surface area contributed by atoms with Crippen molar-refractivity contribution in [3.63, 3.8) is 0 Å². The molecule has 3 heterocycles. The number of fused-ring (bicyclic) bond motifs is 2. The van der Waals surface area contributed by atoms with Gasteiger partial charge in [-0.25, -0.2) is 15.4 Å². The molecule has 1 aromatic heterocycles. The molecule has 1 unspecified atom stereocenters. The normalized spacial score (nSPS) is 23.6. The molecule has 1 atom stereocenters. The van der Waals surface area contributed by atoms with Crippen LogP contribution < -0.4 is 16.1 Å². The van der Waals surface area contributed by atoms with E-state index < -0.39 is 0 Å². The standard InChI is InChI=1S/C18H22N6O/c1-10(2)15-16(22-18-19-8-21-24(18)17(15)25)11-3-6-13-14(7-11)23(9-20-13)12-4-5-12/h3,6-7,9-10,12,18-19,21-22H,4-5,8H2,1-2H3. The van der Waals surface area contributed by atoms with Crippen LogP contribution in [0.15, 0.2) is 30.1 Å². The summed E-state index contributed by atoms with van der Waals surface area (Å²) in [6, 6.07) is 6.85. The first kappa shape index (κ1) is 14.9. The maximum Gasteiger partial charge on any atom is 0.269 e. The summed E-state index contributed by atoms with van der Waals surface area (Å²) in [5.74, 6) is 0.164. The molecule has 1 amide bonds. The second kappa shape index (κ2) is 5.31. The Balaban J connectivity index is 1.65. The van der Waals surface area contributed by atoms with E-state index in [0.717, 1.165) is 27.9 Å². The Bertz CT molecular complexity index is 894. The van der Waals surface area contributed by atoms with Gasteiger partial charge in [-0.05, 0) is 30.9 Å². The van der Waals surface area contributed by atoms with Gasteiger partial charge >= 0.3 is 0 Å². The van der Waals surface area contributed by atoms with Crippen molar-refractivity contribution >= 4 is 22.6 Å². The van der Waals surface area contributed by atoms with Crippen LogP contribution in [-0.4, -0.2) is 33.4 Å². The third kappa shape index (κ3) is 2.26. The first-order valence-corrected chi connectivity index (χ1v) is 8.91. The van der Waals surface area contributed by atoms with E-state index in [1.807, 2.05) is 12.4 Å². The first-order chi connectivity index (χ1) is 12.1. The number of imidazole rings is 1. The Labute approximate surface area is 146 Å². The van der Waals surface area contributed by atoms with Gasteiger partial charge in [0, 0.05) is 17.2 Å². The number of benzene rings is 1. The molecule has 0 bridgehead atoms. The van der Waals surface area contributed by atoms with Crippen LogP contribution >= 0.6 is 0 Å². The molecular formula is C18H22N6O. The molecule has 2 aliphatic heterocycles. The number of nitrogens with zero attached hydrogens (tertiary/aromatic N) is 3. The van der Waals surface area contributed by atoms with Crippen LogP contribution in [-0.2, 0) is 4.79 Å². The number of hydrogen-bond acceptors (Lipinski definition) is 5. The van der Waals surface area contributed by atoms with Crippen LogP contribution in [0.2, 0.25) is 0 Å². The summed E-state index contributed by atoms with van der Waals surface area (Å²) in [6.07, 6.45) is 4.17. The number of hydrazine groups is 1. The molecule has 0 radical (unpaired) electrons. The number of amides is 1. The van der Waals surface area contributed by atoms with Gasteiger partial charge in [0.2, 0.25) is 0 Å². The van der Waals surface area contributed by atoms with Crippen molar-refractivity contribution in [3.8, 4) is 0 Å². The fourth-order valence-corrected chi connectivity index (χ4v) is 3.77. The molecule has 7 heteroatoms. The average Bonchev–Trinajstić information content (AvgIpc) is 3.17. The third-order valence-corrected chi connectivity index (χ3v) is 5.18. The van der Waals surface area contributed by atoms with Gasteiger partial charge in [0.1, 0.15) is 0 Å². The summed E-state index contributed by atoms with van der Waals surface area (Å²) in [6.45, 7) is 4.70. The number of hydrogen-bond donors (Lipinski definition) is 3. The van der Waals surface area contributed by atoms with Crippen LogP contribution in [0.4, 0.5) is 0 Å². The number of nitrogens with one attached hydrogen (secondary N) is 3. The summed E-state index contributed by atoms with van der Waals surface area (Å²) in [7, 11) is 0. The fourth-order valence-electron chi connectivity index (χ4n) is 3.77. The first-order valence-electron chi connectivity index (χ1n) is 8.91. The van der Waals surface area contributed by atoms with E-state index in [9.17, 15) is 4.79 Å². The Morgan fingerprint density at radius 3 is 2.88 bits per heavy atom. The van der Waals surface area contributed by atoms with Gasteiger partial charge in [-0.1, -0.05) is 19.9 Å². The van der Waals surface area contributed by atoms with Crippen LogP contribution in [0.25, 0.3) is 16.7 Å². The van der Waals surface area contributed by atoms with Gasteiger partial charge in [-0.3, -0.25) is 10.1 Å². The molecule has 5 rings (SSSR count). The maximum atomic E-state index is 12.9. The molecular weight excluding hydrogens is 316 g/mol. The highest BCUT2D eigenvalue weighted by Gasteiger charge is 2.38. The lowest BCUT2D eigenvalue weighted by Gasteiger charge is -2.34. The van der Waals surface area contributed by atoms with E-state index in [-0.39, 0.29) is 18.1 Å². The van der Waals surface area contributed by atoms with Crippen molar-refractivity contribution in [2.45, 2.75) is 39.0 Å². The summed E-state index contributed by atoms with van der Waals surface area (Å²) in [4.78, 5) is 17.5. The third-order valence-electron chi connectivity index (χ3n) is 5.18. The van der Waals surface area contributed by atoms with Gasteiger partial charge in [0.05, 0.1) is 29.7 Å². The molecule has 130 valence electrons. The topological polar surface area (TPSA) is 74.2 Å². The van der Waals surface area contributed by atoms with Crippen molar-refractivity contribution in [3.05, 3.63) is 35.7 Å². The highest BCUT2D eigenvalue weighted by molar-refractivity contribution is 6.03. The van der Waals surface area contributed by atoms with Crippen molar-refractivity contribution in [2.75, 3.05) is 6.67 Å². The molecule has 2 fully saturated rings. The molecule has 25 heavy (non-hydrogen) atoms. The van der Waals surface area contributed by atoms with Gasteiger partial charge in [0.15, 0.2) is 6.29 Å². The number of rotatable bonds is 3. The lowest BCUT2D eigenvalue weighted by atomic mass is 9.94. The van der Waals surface area contributed by atoms with E-state index in [4.69, 9.17) is 0 Å². The zero-order valence-electron chi connectivity index (χ0n) is 14.4. The molecule has 7 nitrogen and oxygen atoms in total. The lowest BCUT2D eigenvalue weighted by molar-refractivity contribution is -0.132. The van der Waals surface area contributed by atoms with Crippen LogP contribution in [0.5, 0.6) is 0 Å². The molecule has 3 N–H and O–H groups in total. The molecule has 3 aliphatic rings. The summed E-state index contributed by atoms with van der Waals surface area (Å²) < 4.78 is 2.26. The highest BCUT2D eigenvalue weighted by Crippen LogP contribution is 2.38. The predicted octanol–water partition coefficient (Wildman–Crippen LogP) is 1.52. The Hall–Kier alpha value is -2.38. The van der Waals surface area contributed by atoms with Gasteiger partial charge in [-0.15, -0.1) is 0 Å². The molecule has 1 saturated heterocycles. The van der Waals surface area contributed by atoms with Crippen molar-refractivity contribution < 1.29 is 4.79 Å². The molecule has 0 spiro atoms. The largest absolute Gasteiger partial charge is 0.351 e. The van der Waals surface area contributed by atoms with Crippen LogP contribution in [0.3, 0.4) is 0 Å². The average molecular weight is 338 g/mol. The Kier molecular flexibility index (Phi) is 3.17. The maximum absolute atomic E-state index is 12.9. The van der Waals surface area contributed by atoms with E-state index >= 15 is 0 Å². The molecule has 1 aliphatic carbocycles. The minimum absolute atomic E-state index is 0.0366. The Morgan fingerprint density at radius 1 is 1.28 bits per heavy atom. The van der Waals surface area contributed by atoms with Crippen LogP contribution in [0.1, 0.15) is 38.3 Å². The second-order valence-electron chi connectivity index (χ2n) is 7.29. The van der Waals surface area contributed by atoms with Crippen molar-refractivity contribution in [2.24, 2.45) is 5.92 Å². The second-order valence-corrected chi connectivity index (χ2v) is 7.29. The van der Waals surface area contributed by atoms with Gasteiger partial charge in [-0.2, -0.15) is 0 Å². The highest BCUT2D eigenvalue weighted by atomic mass is 16.2. The van der Waals surface area contributed by atoms with E-state index in [0.29, 0.717) is 12.7 Å². The summed E-state index contributed by atoms with van der Waals surface area (Å²) in [5.41, 5.74) is 8.01. The monoisotopic (exact) mass is 338 g/mol. The van der Waals surface area contributed by atoms with Crippen molar-refractivity contribution in [1.82, 2.24) is 30.6 Å². The zero-order chi connectivity index (χ0) is 17.1. The minimum Gasteiger partial charge on any atom is -0.351 e. The SMILES string of the molecule is CC(C)C1=C(c2ccc3ncn(C4CC4)c3c2)NC2NCNN2C1=O. The molecule has 1 saturated carbocycles. The summed E-state index contributed by atoms with van der Waals surface area (Å²) >= 11 is 0. The minimum atomic E-state index is -0.214. The smallest absolute Gasteiger partial charge is 0.269 e. The van der Waals surface area contributed by atoms with Gasteiger partial charge in [0.25, 0.3) is 5.91 Å². The number of carbonyl (C=O) groups is 1.